The molecule has 1 fully saturated rings. The van der Waals surface area contributed by atoms with Crippen LogP contribution in [0.5, 0.6) is 0 Å². The van der Waals surface area contributed by atoms with E-state index < -0.39 is 5.69 Å². The number of piperidine rings is 1. The standard InChI is InChI=1S/C9H12BrN3O2/c10-6-7(5-1-3-11-4-2-5)12-9(15)13-8(6)14/h5,11H,1-4H2,(H2,12,13,14,15). The Balaban J connectivity index is 2.42. The fraction of sp³-hybridized carbons (Fsp3) is 0.556. The highest BCUT2D eigenvalue weighted by Gasteiger charge is 2.19. The summed E-state index contributed by atoms with van der Waals surface area (Å²) in [6.07, 6.45) is 1.88. The van der Waals surface area contributed by atoms with Gasteiger partial charge < -0.3 is 10.3 Å². The van der Waals surface area contributed by atoms with Crippen LogP contribution in [0.1, 0.15) is 24.5 Å². The number of rotatable bonds is 1. The van der Waals surface area contributed by atoms with Gasteiger partial charge in [0.25, 0.3) is 5.56 Å². The third-order valence-corrected chi connectivity index (χ3v) is 3.45. The lowest BCUT2D eigenvalue weighted by Crippen LogP contribution is -2.31. The number of hydrogen-bond acceptors (Lipinski definition) is 3. The monoisotopic (exact) mass is 273 g/mol. The Morgan fingerprint density at radius 3 is 2.47 bits per heavy atom. The van der Waals surface area contributed by atoms with E-state index in [4.69, 9.17) is 0 Å². The predicted octanol–water partition coefficient (Wildman–Crippen LogP) is 0.293. The summed E-state index contributed by atoms with van der Waals surface area (Å²) in [4.78, 5) is 27.4. The Labute approximate surface area is 94.4 Å². The molecule has 1 aromatic heterocycles. The Bertz CT molecular complexity index is 459. The van der Waals surface area contributed by atoms with Crippen LogP contribution in [0.3, 0.4) is 0 Å². The van der Waals surface area contributed by atoms with Gasteiger partial charge in [0.2, 0.25) is 0 Å². The maximum Gasteiger partial charge on any atom is 0.325 e. The lowest BCUT2D eigenvalue weighted by Gasteiger charge is -2.22. The number of aromatic amines is 2. The maximum absolute atomic E-state index is 11.4. The fourth-order valence-corrected chi connectivity index (χ4v) is 2.40. The van der Waals surface area contributed by atoms with E-state index in [1.165, 1.54) is 0 Å². The van der Waals surface area contributed by atoms with Crippen molar-refractivity contribution in [1.82, 2.24) is 15.3 Å². The fourth-order valence-electron chi connectivity index (χ4n) is 1.88. The first-order chi connectivity index (χ1) is 7.18. The molecular formula is C9H12BrN3O2. The van der Waals surface area contributed by atoms with Gasteiger partial charge in [-0.1, -0.05) is 0 Å². The molecule has 1 aromatic rings. The summed E-state index contributed by atoms with van der Waals surface area (Å²) in [6, 6.07) is 0. The van der Waals surface area contributed by atoms with Crippen molar-refractivity contribution in [3.05, 3.63) is 31.0 Å². The summed E-state index contributed by atoms with van der Waals surface area (Å²) in [5.74, 6) is 0.260. The molecule has 2 heterocycles. The van der Waals surface area contributed by atoms with Crippen LogP contribution in [0.2, 0.25) is 0 Å². The van der Waals surface area contributed by atoms with Gasteiger partial charge in [-0.3, -0.25) is 9.78 Å². The molecule has 0 radical (unpaired) electrons. The Kier molecular flexibility index (Phi) is 3.06. The average molecular weight is 274 g/mol. The molecule has 1 aliphatic rings. The van der Waals surface area contributed by atoms with Crippen molar-refractivity contribution >= 4 is 15.9 Å². The van der Waals surface area contributed by atoms with E-state index in [0.29, 0.717) is 4.47 Å². The van der Waals surface area contributed by atoms with Gasteiger partial charge in [0, 0.05) is 11.6 Å². The summed E-state index contributed by atoms with van der Waals surface area (Å²) < 4.78 is 0.453. The van der Waals surface area contributed by atoms with Crippen LogP contribution in [-0.4, -0.2) is 23.1 Å². The van der Waals surface area contributed by atoms with Gasteiger partial charge in [-0.2, -0.15) is 0 Å². The van der Waals surface area contributed by atoms with E-state index in [1.54, 1.807) is 0 Å². The van der Waals surface area contributed by atoms with Crippen LogP contribution >= 0.6 is 15.9 Å². The molecule has 2 rings (SSSR count). The molecule has 1 saturated heterocycles. The van der Waals surface area contributed by atoms with E-state index in [-0.39, 0.29) is 11.5 Å². The molecule has 0 saturated carbocycles. The lowest BCUT2D eigenvalue weighted by atomic mass is 9.94. The molecule has 3 N–H and O–H groups in total. The van der Waals surface area contributed by atoms with Crippen LogP contribution in [0.25, 0.3) is 0 Å². The third kappa shape index (κ3) is 2.21. The number of nitrogens with one attached hydrogen (secondary N) is 3. The first-order valence-electron chi connectivity index (χ1n) is 4.91. The van der Waals surface area contributed by atoms with Crippen molar-refractivity contribution in [1.29, 1.82) is 0 Å². The molecule has 0 atom stereocenters. The van der Waals surface area contributed by atoms with Gasteiger partial charge in [-0.05, 0) is 41.9 Å². The maximum atomic E-state index is 11.4. The largest absolute Gasteiger partial charge is 0.325 e. The Hall–Kier alpha value is -0.880. The lowest BCUT2D eigenvalue weighted by molar-refractivity contribution is 0.450. The smallest absolute Gasteiger partial charge is 0.317 e. The van der Waals surface area contributed by atoms with Gasteiger partial charge in [0.1, 0.15) is 4.47 Å². The molecule has 0 aromatic carbocycles. The van der Waals surface area contributed by atoms with E-state index in [9.17, 15) is 9.59 Å². The van der Waals surface area contributed by atoms with Crippen molar-refractivity contribution < 1.29 is 0 Å². The van der Waals surface area contributed by atoms with Crippen molar-refractivity contribution in [3.63, 3.8) is 0 Å². The van der Waals surface area contributed by atoms with Crippen LogP contribution in [0.15, 0.2) is 14.1 Å². The number of H-pyrrole nitrogens is 2. The highest BCUT2D eigenvalue weighted by Crippen LogP contribution is 2.26. The molecule has 0 spiro atoms. The second-order valence-electron chi connectivity index (χ2n) is 3.66. The molecule has 6 heteroatoms. The van der Waals surface area contributed by atoms with Crippen molar-refractivity contribution in [2.75, 3.05) is 13.1 Å². The number of aromatic nitrogens is 2. The quantitative estimate of drug-likeness (QED) is 0.689. The van der Waals surface area contributed by atoms with E-state index in [1.807, 2.05) is 0 Å². The molecule has 5 nitrogen and oxygen atoms in total. The molecule has 15 heavy (non-hydrogen) atoms. The molecule has 0 unspecified atom stereocenters. The van der Waals surface area contributed by atoms with Crippen LogP contribution < -0.4 is 16.6 Å². The Morgan fingerprint density at radius 2 is 1.80 bits per heavy atom. The van der Waals surface area contributed by atoms with E-state index >= 15 is 0 Å². The number of halogens is 1. The van der Waals surface area contributed by atoms with E-state index in [2.05, 4.69) is 31.2 Å². The minimum atomic E-state index is -0.434. The normalized spacial score (nSPS) is 17.9. The molecule has 0 aliphatic carbocycles. The SMILES string of the molecule is O=c1[nH]c(C2CCNCC2)c(Br)c(=O)[nH]1. The zero-order valence-corrected chi connectivity index (χ0v) is 9.69. The Morgan fingerprint density at radius 1 is 1.13 bits per heavy atom. The van der Waals surface area contributed by atoms with Gasteiger partial charge in [0.05, 0.1) is 0 Å². The van der Waals surface area contributed by atoms with Gasteiger partial charge in [0.15, 0.2) is 0 Å². The van der Waals surface area contributed by atoms with Gasteiger partial charge >= 0.3 is 5.69 Å². The molecule has 0 amide bonds. The van der Waals surface area contributed by atoms with Crippen molar-refractivity contribution in [3.8, 4) is 0 Å². The summed E-state index contributed by atoms with van der Waals surface area (Å²) >= 11 is 3.22. The van der Waals surface area contributed by atoms with Gasteiger partial charge in [-0.15, -0.1) is 0 Å². The minimum Gasteiger partial charge on any atom is -0.317 e. The summed E-state index contributed by atoms with van der Waals surface area (Å²) in [7, 11) is 0. The van der Waals surface area contributed by atoms with Gasteiger partial charge in [-0.25, -0.2) is 4.79 Å². The second-order valence-corrected chi connectivity index (χ2v) is 4.45. The summed E-state index contributed by atoms with van der Waals surface area (Å²) in [5, 5.41) is 3.24. The summed E-state index contributed by atoms with van der Waals surface area (Å²) in [6.45, 7) is 1.85. The minimum absolute atomic E-state index is 0.260. The molecule has 82 valence electrons. The zero-order valence-electron chi connectivity index (χ0n) is 8.10. The topological polar surface area (TPSA) is 77.8 Å². The second kappa shape index (κ2) is 4.32. The third-order valence-electron chi connectivity index (χ3n) is 2.66. The molecular weight excluding hydrogens is 262 g/mol. The molecule has 0 bridgehead atoms. The van der Waals surface area contributed by atoms with Crippen LogP contribution in [0, 0.1) is 0 Å². The van der Waals surface area contributed by atoms with Crippen molar-refractivity contribution in [2.45, 2.75) is 18.8 Å². The zero-order chi connectivity index (χ0) is 10.8. The predicted molar refractivity (Wildman–Crippen MR) is 60.2 cm³/mol. The highest BCUT2D eigenvalue weighted by molar-refractivity contribution is 9.10. The molecule has 1 aliphatic heterocycles. The summed E-state index contributed by atoms with van der Waals surface area (Å²) in [5.41, 5.74) is -0.0609. The number of hydrogen-bond donors (Lipinski definition) is 3. The highest BCUT2D eigenvalue weighted by atomic mass is 79.9. The van der Waals surface area contributed by atoms with Crippen molar-refractivity contribution in [2.24, 2.45) is 0 Å². The van der Waals surface area contributed by atoms with Crippen LogP contribution in [0.4, 0.5) is 0 Å². The first kappa shape index (κ1) is 10.6. The average Bonchev–Trinajstić information content (AvgIpc) is 2.24. The first-order valence-corrected chi connectivity index (χ1v) is 5.70. The van der Waals surface area contributed by atoms with Crippen LogP contribution in [-0.2, 0) is 0 Å². The van der Waals surface area contributed by atoms with E-state index in [0.717, 1.165) is 31.6 Å².